The number of aromatic nitrogens is 1. The van der Waals surface area contributed by atoms with Gasteiger partial charge in [-0.05, 0) is 47.6 Å². The van der Waals surface area contributed by atoms with Crippen molar-refractivity contribution < 1.29 is 18.7 Å². The van der Waals surface area contributed by atoms with E-state index in [4.69, 9.17) is 9.15 Å². The van der Waals surface area contributed by atoms with Crippen molar-refractivity contribution in [3.63, 3.8) is 0 Å². The Morgan fingerprint density at radius 1 is 1.13 bits per heavy atom. The van der Waals surface area contributed by atoms with Gasteiger partial charge in [0.1, 0.15) is 17.1 Å². The number of hydrogen-bond donors (Lipinski definition) is 0. The molecule has 23 heavy (non-hydrogen) atoms. The fraction of sp³-hybridized carbons (Fsp3) is 0.444. The summed E-state index contributed by atoms with van der Waals surface area (Å²) < 4.78 is 12.7. The van der Waals surface area contributed by atoms with E-state index < -0.39 is 5.97 Å². The molecule has 0 saturated heterocycles. The number of esters is 1. The fourth-order valence-corrected chi connectivity index (χ4v) is 2.95. The standard InChI is InChI=1S/C18H23NO4/c1-7-19-10(2)8-15(12(19)4)16(20)9-22-18(21)17-11(3)13(5)23-14(17)6/h8H,7,9H2,1-6H3. The number of carbonyl (C=O) groups is 2. The molecule has 0 aliphatic rings. The predicted octanol–water partition coefficient (Wildman–Crippen LogP) is 3.68. The zero-order valence-electron chi connectivity index (χ0n) is 14.6. The molecule has 0 spiro atoms. The largest absolute Gasteiger partial charge is 0.465 e. The van der Waals surface area contributed by atoms with E-state index in [0.29, 0.717) is 22.6 Å². The molecule has 0 radical (unpaired) electrons. The SMILES string of the molecule is CCn1c(C)cc(C(=O)COC(=O)c2c(C)oc(C)c2C)c1C. The third-order valence-corrected chi connectivity index (χ3v) is 4.29. The van der Waals surface area contributed by atoms with Crippen LogP contribution in [0.4, 0.5) is 0 Å². The lowest BCUT2D eigenvalue weighted by atomic mass is 10.1. The number of hydrogen-bond acceptors (Lipinski definition) is 4. The van der Waals surface area contributed by atoms with Gasteiger partial charge in [0.2, 0.25) is 5.78 Å². The lowest BCUT2D eigenvalue weighted by molar-refractivity contribution is 0.0472. The number of rotatable bonds is 5. The zero-order valence-corrected chi connectivity index (χ0v) is 14.6. The van der Waals surface area contributed by atoms with E-state index in [1.807, 2.05) is 26.8 Å². The topological polar surface area (TPSA) is 61.4 Å². The second kappa shape index (κ2) is 6.44. The Hall–Kier alpha value is -2.30. The van der Waals surface area contributed by atoms with Crippen LogP contribution in [0.1, 0.15) is 56.1 Å². The molecule has 2 aromatic rings. The van der Waals surface area contributed by atoms with Crippen LogP contribution in [0, 0.1) is 34.6 Å². The number of Topliss-reactive ketones (excluding diaryl/α,β-unsaturated/α-hetero) is 1. The van der Waals surface area contributed by atoms with Gasteiger partial charge < -0.3 is 13.7 Å². The molecule has 5 heteroatoms. The predicted molar refractivity (Wildman–Crippen MR) is 87.1 cm³/mol. The van der Waals surface area contributed by atoms with Gasteiger partial charge in [-0.1, -0.05) is 0 Å². The molecule has 0 N–H and O–H groups in total. The summed E-state index contributed by atoms with van der Waals surface area (Å²) >= 11 is 0. The second-order valence-electron chi connectivity index (χ2n) is 5.74. The maximum atomic E-state index is 12.3. The first-order valence-corrected chi connectivity index (χ1v) is 7.71. The van der Waals surface area contributed by atoms with Gasteiger partial charge in [-0.25, -0.2) is 4.79 Å². The van der Waals surface area contributed by atoms with Gasteiger partial charge in [0.25, 0.3) is 0 Å². The minimum Gasteiger partial charge on any atom is -0.465 e. The van der Waals surface area contributed by atoms with Crippen LogP contribution in [0.2, 0.25) is 0 Å². The van der Waals surface area contributed by atoms with E-state index in [9.17, 15) is 9.59 Å². The highest BCUT2D eigenvalue weighted by Crippen LogP contribution is 2.22. The lowest BCUT2D eigenvalue weighted by Gasteiger charge is -2.06. The van der Waals surface area contributed by atoms with Crippen molar-refractivity contribution in [2.75, 3.05) is 6.61 Å². The van der Waals surface area contributed by atoms with Crippen LogP contribution < -0.4 is 0 Å². The third kappa shape index (κ3) is 3.09. The molecule has 0 fully saturated rings. The first-order chi connectivity index (χ1) is 10.8. The van der Waals surface area contributed by atoms with Crippen molar-refractivity contribution in [3.8, 4) is 0 Å². The summed E-state index contributed by atoms with van der Waals surface area (Å²) in [5.41, 5.74) is 3.70. The Bertz CT molecular complexity index is 765. The summed E-state index contributed by atoms with van der Waals surface area (Å²) in [7, 11) is 0. The number of furan rings is 1. The van der Waals surface area contributed by atoms with Crippen molar-refractivity contribution in [2.24, 2.45) is 0 Å². The van der Waals surface area contributed by atoms with Gasteiger partial charge >= 0.3 is 5.97 Å². The van der Waals surface area contributed by atoms with Crippen LogP contribution in [0.25, 0.3) is 0 Å². The molecular formula is C18H23NO4. The highest BCUT2D eigenvalue weighted by molar-refractivity contribution is 6.00. The van der Waals surface area contributed by atoms with Crippen LogP contribution >= 0.6 is 0 Å². The summed E-state index contributed by atoms with van der Waals surface area (Å²) in [5, 5.41) is 0. The average Bonchev–Trinajstić information content (AvgIpc) is 2.92. The maximum Gasteiger partial charge on any atom is 0.342 e. The normalized spacial score (nSPS) is 10.9. The van der Waals surface area contributed by atoms with Crippen LogP contribution in [-0.2, 0) is 11.3 Å². The fourth-order valence-electron chi connectivity index (χ4n) is 2.95. The molecule has 0 amide bonds. The molecule has 0 atom stereocenters. The smallest absolute Gasteiger partial charge is 0.342 e. The van der Waals surface area contributed by atoms with Crippen LogP contribution in [-0.4, -0.2) is 22.9 Å². The van der Waals surface area contributed by atoms with Crippen LogP contribution in [0.3, 0.4) is 0 Å². The van der Waals surface area contributed by atoms with E-state index in [0.717, 1.165) is 23.5 Å². The lowest BCUT2D eigenvalue weighted by Crippen LogP contribution is -2.16. The van der Waals surface area contributed by atoms with Gasteiger partial charge in [0.05, 0.1) is 0 Å². The molecule has 0 aromatic carbocycles. The van der Waals surface area contributed by atoms with Crippen LogP contribution in [0.5, 0.6) is 0 Å². The van der Waals surface area contributed by atoms with E-state index in [-0.39, 0.29) is 12.4 Å². The number of nitrogens with zero attached hydrogens (tertiary/aromatic N) is 1. The van der Waals surface area contributed by atoms with Gasteiger partial charge in [-0.2, -0.15) is 0 Å². The van der Waals surface area contributed by atoms with Crippen molar-refractivity contribution in [3.05, 3.63) is 45.7 Å². The van der Waals surface area contributed by atoms with E-state index in [2.05, 4.69) is 4.57 Å². The molecule has 5 nitrogen and oxygen atoms in total. The first kappa shape index (κ1) is 17.1. The molecule has 2 rings (SSSR count). The zero-order chi connectivity index (χ0) is 17.3. The van der Waals surface area contributed by atoms with Gasteiger partial charge in [-0.3, -0.25) is 4.79 Å². The first-order valence-electron chi connectivity index (χ1n) is 7.71. The van der Waals surface area contributed by atoms with Crippen LogP contribution in [0.15, 0.2) is 10.5 Å². The number of carbonyl (C=O) groups excluding carboxylic acids is 2. The quantitative estimate of drug-likeness (QED) is 0.623. The minimum absolute atomic E-state index is 0.193. The summed E-state index contributed by atoms with van der Waals surface area (Å²) in [6, 6.07) is 1.84. The number of aryl methyl sites for hydroxylation is 3. The minimum atomic E-state index is -0.519. The summed E-state index contributed by atoms with van der Waals surface area (Å²) in [6.45, 7) is 11.7. The molecule has 0 unspecified atom stereocenters. The molecule has 0 aliphatic carbocycles. The van der Waals surface area contributed by atoms with Crippen molar-refractivity contribution in [1.29, 1.82) is 0 Å². The van der Waals surface area contributed by atoms with Gasteiger partial charge in [0, 0.05) is 29.1 Å². The Labute approximate surface area is 136 Å². The van der Waals surface area contributed by atoms with Gasteiger partial charge in [-0.15, -0.1) is 0 Å². The Morgan fingerprint density at radius 3 is 2.26 bits per heavy atom. The van der Waals surface area contributed by atoms with Gasteiger partial charge in [0.15, 0.2) is 6.61 Å². The molecule has 0 bridgehead atoms. The number of ketones is 1. The summed E-state index contributed by atoms with van der Waals surface area (Å²) in [4.78, 5) is 24.6. The summed E-state index contributed by atoms with van der Waals surface area (Å²) in [6.07, 6.45) is 0. The van der Waals surface area contributed by atoms with E-state index in [1.165, 1.54) is 0 Å². The highest BCUT2D eigenvalue weighted by atomic mass is 16.5. The van der Waals surface area contributed by atoms with E-state index in [1.54, 1.807) is 20.8 Å². The van der Waals surface area contributed by atoms with Crippen molar-refractivity contribution in [1.82, 2.24) is 4.57 Å². The van der Waals surface area contributed by atoms with E-state index >= 15 is 0 Å². The monoisotopic (exact) mass is 317 g/mol. The number of ether oxygens (including phenoxy) is 1. The Morgan fingerprint density at radius 2 is 1.78 bits per heavy atom. The van der Waals surface area contributed by atoms with Crippen molar-refractivity contribution >= 4 is 11.8 Å². The average molecular weight is 317 g/mol. The molecule has 0 aliphatic heterocycles. The maximum absolute atomic E-state index is 12.3. The molecular weight excluding hydrogens is 294 g/mol. The second-order valence-corrected chi connectivity index (χ2v) is 5.74. The third-order valence-electron chi connectivity index (χ3n) is 4.29. The molecule has 2 aromatic heterocycles. The molecule has 2 heterocycles. The Kier molecular flexibility index (Phi) is 4.78. The molecule has 124 valence electrons. The summed E-state index contributed by atoms with van der Waals surface area (Å²) in [5.74, 6) is 0.491. The Balaban J connectivity index is 2.12. The molecule has 0 saturated carbocycles. The van der Waals surface area contributed by atoms with Crippen molar-refractivity contribution in [2.45, 2.75) is 48.1 Å². The highest BCUT2D eigenvalue weighted by Gasteiger charge is 2.22.